The van der Waals surface area contributed by atoms with Gasteiger partial charge in [-0.2, -0.15) is 8.78 Å². The molecule has 2 heterocycles. The summed E-state index contributed by atoms with van der Waals surface area (Å²) in [6.45, 7) is 2.83. The van der Waals surface area contributed by atoms with Gasteiger partial charge < -0.3 is 4.74 Å². The summed E-state index contributed by atoms with van der Waals surface area (Å²) >= 11 is 0. The molecular weight excluding hydrogens is 274 g/mol. The molecule has 3 nitrogen and oxygen atoms in total. The molecule has 0 N–H and O–H groups in total. The minimum atomic E-state index is -2.75. The summed E-state index contributed by atoms with van der Waals surface area (Å²) < 4.78 is 28.6. The van der Waals surface area contributed by atoms with Gasteiger partial charge in [-0.3, -0.25) is 9.80 Å². The van der Waals surface area contributed by atoms with E-state index in [1.807, 2.05) is 12.1 Å². The van der Waals surface area contributed by atoms with Crippen LogP contribution in [-0.2, 0) is 6.54 Å². The van der Waals surface area contributed by atoms with Gasteiger partial charge in [0.15, 0.2) is 0 Å². The van der Waals surface area contributed by atoms with Crippen molar-refractivity contribution in [2.45, 2.75) is 38.5 Å². The Balaban J connectivity index is 1.57. The third kappa shape index (κ3) is 3.92. The molecule has 2 saturated heterocycles. The molecular formula is C16H22F2N2O. The van der Waals surface area contributed by atoms with E-state index in [1.165, 1.54) is 32.4 Å². The first-order valence-electron chi connectivity index (χ1n) is 7.71. The SMILES string of the molecule is FC(F)Oc1ccc(CN2CCCN3CCC[C@H]3C2)cc1. The highest BCUT2D eigenvalue weighted by molar-refractivity contribution is 5.27. The number of benzene rings is 1. The Hall–Kier alpha value is -1.20. The van der Waals surface area contributed by atoms with E-state index in [4.69, 9.17) is 0 Å². The van der Waals surface area contributed by atoms with Crippen molar-refractivity contribution in [2.24, 2.45) is 0 Å². The van der Waals surface area contributed by atoms with Crippen LogP contribution in [0.25, 0.3) is 0 Å². The van der Waals surface area contributed by atoms with Crippen molar-refractivity contribution >= 4 is 0 Å². The van der Waals surface area contributed by atoms with Gasteiger partial charge >= 0.3 is 6.61 Å². The summed E-state index contributed by atoms with van der Waals surface area (Å²) in [4.78, 5) is 5.10. The Morgan fingerprint density at radius 2 is 1.86 bits per heavy atom. The van der Waals surface area contributed by atoms with Gasteiger partial charge in [0, 0.05) is 19.1 Å². The summed E-state index contributed by atoms with van der Waals surface area (Å²) in [5.74, 6) is 0.228. The number of nitrogens with zero attached hydrogens (tertiary/aromatic N) is 2. The van der Waals surface area contributed by atoms with Crippen LogP contribution >= 0.6 is 0 Å². The van der Waals surface area contributed by atoms with Gasteiger partial charge in [-0.05, 0) is 56.6 Å². The molecule has 0 saturated carbocycles. The predicted octanol–water partition coefficient (Wildman–Crippen LogP) is 2.96. The normalized spacial score (nSPS) is 24.0. The smallest absolute Gasteiger partial charge is 0.387 e. The highest BCUT2D eigenvalue weighted by Gasteiger charge is 2.28. The maximum Gasteiger partial charge on any atom is 0.387 e. The van der Waals surface area contributed by atoms with Crippen LogP contribution in [-0.4, -0.2) is 48.6 Å². The molecule has 1 atom stereocenters. The minimum absolute atomic E-state index is 0.228. The van der Waals surface area contributed by atoms with Crippen LogP contribution in [0.4, 0.5) is 8.78 Å². The molecule has 0 bridgehead atoms. The Labute approximate surface area is 124 Å². The van der Waals surface area contributed by atoms with Gasteiger partial charge in [0.05, 0.1) is 0 Å². The molecule has 5 heteroatoms. The average Bonchev–Trinajstić information content (AvgIpc) is 2.79. The summed E-state index contributed by atoms with van der Waals surface area (Å²) in [7, 11) is 0. The highest BCUT2D eigenvalue weighted by atomic mass is 19.3. The summed E-state index contributed by atoms with van der Waals surface area (Å²) in [5, 5.41) is 0. The van der Waals surface area contributed by atoms with Crippen LogP contribution < -0.4 is 4.74 Å². The molecule has 1 aromatic carbocycles. The van der Waals surface area contributed by atoms with E-state index in [2.05, 4.69) is 14.5 Å². The molecule has 0 aromatic heterocycles. The first-order valence-corrected chi connectivity index (χ1v) is 7.71. The summed E-state index contributed by atoms with van der Waals surface area (Å²) in [5.41, 5.74) is 1.16. The average molecular weight is 296 g/mol. The second-order valence-corrected chi connectivity index (χ2v) is 5.94. The van der Waals surface area contributed by atoms with Crippen molar-refractivity contribution in [3.8, 4) is 5.75 Å². The van der Waals surface area contributed by atoms with Crippen LogP contribution in [0.15, 0.2) is 24.3 Å². The van der Waals surface area contributed by atoms with Crippen molar-refractivity contribution in [1.29, 1.82) is 0 Å². The molecule has 21 heavy (non-hydrogen) atoms. The summed E-state index contributed by atoms with van der Waals surface area (Å²) in [6.07, 6.45) is 3.83. The number of hydrogen-bond acceptors (Lipinski definition) is 3. The molecule has 0 unspecified atom stereocenters. The molecule has 1 aromatic rings. The van der Waals surface area contributed by atoms with Crippen LogP contribution in [0.1, 0.15) is 24.8 Å². The van der Waals surface area contributed by atoms with Gasteiger partial charge in [0.2, 0.25) is 0 Å². The maximum absolute atomic E-state index is 12.1. The lowest BCUT2D eigenvalue weighted by Gasteiger charge is -2.25. The van der Waals surface area contributed by atoms with E-state index in [-0.39, 0.29) is 5.75 Å². The van der Waals surface area contributed by atoms with Crippen LogP contribution in [0.5, 0.6) is 5.75 Å². The lowest BCUT2D eigenvalue weighted by atomic mass is 10.1. The highest BCUT2D eigenvalue weighted by Crippen LogP contribution is 2.23. The Morgan fingerprint density at radius 3 is 2.62 bits per heavy atom. The zero-order chi connectivity index (χ0) is 14.7. The fourth-order valence-electron chi connectivity index (χ4n) is 3.46. The third-order valence-electron chi connectivity index (χ3n) is 4.44. The Morgan fingerprint density at radius 1 is 1.10 bits per heavy atom. The van der Waals surface area contributed by atoms with Crippen LogP contribution in [0.3, 0.4) is 0 Å². The van der Waals surface area contributed by atoms with E-state index in [0.717, 1.165) is 25.2 Å². The van der Waals surface area contributed by atoms with E-state index in [9.17, 15) is 8.78 Å². The van der Waals surface area contributed by atoms with Gasteiger partial charge in [0.25, 0.3) is 0 Å². The zero-order valence-electron chi connectivity index (χ0n) is 12.2. The first-order chi connectivity index (χ1) is 10.2. The largest absolute Gasteiger partial charge is 0.435 e. The number of fused-ring (bicyclic) bond motifs is 1. The monoisotopic (exact) mass is 296 g/mol. The lowest BCUT2D eigenvalue weighted by Crippen LogP contribution is -2.36. The number of hydrogen-bond donors (Lipinski definition) is 0. The van der Waals surface area contributed by atoms with Crippen molar-refractivity contribution in [1.82, 2.24) is 9.80 Å². The van der Waals surface area contributed by atoms with Gasteiger partial charge in [0.1, 0.15) is 5.75 Å². The Bertz CT molecular complexity index is 452. The molecule has 3 rings (SSSR count). The Kier molecular flexibility index (Phi) is 4.70. The van der Waals surface area contributed by atoms with Crippen LogP contribution in [0, 0.1) is 0 Å². The quantitative estimate of drug-likeness (QED) is 0.849. The van der Waals surface area contributed by atoms with Crippen molar-refractivity contribution in [3.05, 3.63) is 29.8 Å². The lowest BCUT2D eigenvalue weighted by molar-refractivity contribution is -0.0498. The second kappa shape index (κ2) is 6.71. The number of halogens is 2. The van der Waals surface area contributed by atoms with Gasteiger partial charge in [-0.15, -0.1) is 0 Å². The molecule has 0 spiro atoms. The van der Waals surface area contributed by atoms with Gasteiger partial charge in [-0.25, -0.2) is 0 Å². The number of alkyl halides is 2. The maximum atomic E-state index is 12.1. The fourth-order valence-corrected chi connectivity index (χ4v) is 3.46. The molecule has 116 valence electrons. The summed E-state index contributed by atoms with van der Waals surface area (Å²) in [6, 6.07) is 7.72. The molecule has 2 aliphatic rings. The minimum Gasteiger partial charge on any atom is -0.435 e. The topological polar surface area (TPSA) is 15.7 Å². The fraction of sp³-hybridized carbons (Fsp3) is 0.625. The molecule has 0 radical (unpaired) electrons. The predicted molar refractivity (Wildman–Crippen MR) is 77.6 cm³/mol. The van der Waals surface area contributed by atoms with Crippen molar-refractivity contribution in [3.63, 3.8) is 0 Å². The van der Waals surface area contributed by atoms with E-state index >= 15 is 0 Å². The van der Waals surface area contributed by atoms with Crippen LogP contribution in [0.2, 0.25) is 0 Å². The standard InChI is InChI=1S/C16H22F2N2O/c17-16(18)21-15-6-4-13(5-7-15)11-19-8-2-10-20-9-1-3-14(20)12-19/h4-7,14,16H,1-3,8-12H2/t14-/m0/s1. The number of rotatable bonds is 4. The molecule has 0 amide bonds. The second-order valence-electron chi connectivity index (χ2n) is 5.94. The zero-order valence-corrected chi connectivity index (χ0v) is 12.2. The van der Waals surface area contributed by atoms with E-state index < -0.39 is 6.61 Å². The molecule has 2 aliphatic heterocycles. The number of ether oxygens (including phenoxy) is 1. The van der Waals surface area contributed by atoms with E-state index in [0.29, 0.717) is 6.04 Å². The molecule has 2 fully saturated rings. The van der Waals surface area contributed by atoms with E-state index in [1.54, 1.807) is 12.1 Å². The molecule has 0 aliphatic carbocycles. The third-order valence-corrected chi connectivity index (χ3v) is 4.44. The van der Waals surface area contributed by atoms with Gasteiger partial charge in [-0.1, -0.05) is 12.1 Å². The first kappa shape index (κ1) is 14.7. The van der Waals surface area contributed by atoms with Crippen molar-refractivity contribution in [2.75, 3.05) is 26.2 Å². The van der Waals surface area contributed by atoms with Crippen molar-refractivity contribution < 1.29 is 13.5 Å².